The molecule has 0 saturated carbocycles. The van der Waals surface area contributed by atoms with E-state index >= 15 is 0 Å². The Kier molecular flexibility index (Phi) is 3.28. The molecular formula is C9H11ClN2O. The molecule has 1 aromatic carbocycles. The van der Waals surface area contributed by atoms with Crippen LogP contribution in [0.4, 0.5) is 10.5 Å². The van der Waals surface area contributed by atoms with Crippen LogP contribution < -0.4 is 10.2 Å². The molecule has 2 amide bonds. The molecule has 0 saturated heterocycles. The van der Waals surface area contributed by atoms with Gasteiger partial charge in [-0.15, -0.1) is 7.05 Å². The number of halogens is 1. The predicted molar refractivity (Wildman–Crippen MR) is 52.5 cm³/mol. The number of nitrogens with two attached hydrogens (primary N) is 1. The third-order valence-corrected chi connectivity index (χ3v) is 1.94. The Bertz CT molecular complexity index is 314. The predicted octanol–water partition coefficient (Wildman–Crippen LogP) is 1.25. The highest BCUT2D eigenvalue weighted by Gasteiger charge is 2.09. The van der Waals surface area contributed by atoms with E-state index in [-0.39, 0.29) is 6.03 Å². The van der Waals surface area contributed by atoms with E-state index < -0.39 is 0 Å². The van der Waals surface area contributed by atoms with Crippen LogP contribution in [0.5, 0.6) is 0 Å². The number of anilines is 1. The lowest BCUT2D eigenvalue weighted by molar-refractivity contribution is -0.487. The number of carbonyl (C=O) groups excluding carboxylic acids is 1. The molecule has 0 atom stereocenters. The first-order chi connectivity index (χ1) is 6.15. The maximum absolute atomic E-state index is 11.2. The van der Waals surface area contributed by atoms with Crippen molar-refractivity contribution >= 4 is 23.3 Å². The van der Waals surface area contributed by atoms with E-state index in [1.807, 2.05) is 6.07 Å². The van der Waals surface area contributed by atoms with Gasteiger partial charge >= 0.3 is 6.03 Å². The van der Waals surface area contributed by atoms with E-state index in [0.717, 1.165) is 5.69 Å². The summed E-state index contributed by atoms with van der Waals surface area (Å²) in [5.74, 6) is 0. The zero-order valence-corrected chi connectivity index (χ0v) is 8.08. The number of carbonyl (C=O) groups is 1. The van der Waals surface area contributed by atoms with Gasteiger partial charge in [-0.1, -0.05) is 17.7 Å². The standard InChI is InChI=1S/C9H11ClN2O/c1-11-9(13)12(2)8-5-3-4-7(10)6-8/h3-6H,1,11H2,2H3. The Labute approximate surface area is 82.3 Å². The molecule has 0 aliphatic heterocycles. The van der Waals surface area contributed by atoms with Crippen LogP contribution in [-0.4, -0.2) is 13.1 Å². The first-order valence-corrected chi connectivity index (χ1v) is 4.18. The molecule has 4 heteroatoms. The van der Waals surface area contributed by atoms with Gasteiger partial charge in [0, 0.05) is 12.1 Å². The second-order valence-electron chi connectivity index (χ2n) is 2.58. The van der Waals surface area contributed by atoms with E-state index in [1.165, 1.54) is 10.2 Å². The molecule has 2 N–H and O–H groups in total. The molecule has 0 spiro atoms. The number of hydrogen-bond donors (Lipinski definition) is 1. The fourth-order valence-electron chi connectivity index (χ4n) is 0.949. The normalized spacial score (nSPS) is 9.77. The fourth-order valence-corrected chi connectivity index (χ4v) is 1.13. The molecule has 1 rings (SSSR count). The molecule has 0 unspecified atom stereocenters. The van der Waals surface area contributed by atoms with Crippen LogP contribution in [0.3, 0.4) is 0 Å². The van der Waals surface area contributed by atoms with Crippen molar-refractivity contribution in [3.05, 3.63) is 36.3 Å². The molecule has 70 valence electrons. The molecule has 13 heavy (non-hydrogen) atoms. The molecule has 0 fully saturated rings. The number of quaternary nitrogens is 1. The SMILES string of the molecule is [CH2-][NH2+]C(=O)N(C)c1cccc(Cl)c1. The monoisotopic (exact) mass is 198 g/mol. The Morgan fingerprint density at radius 2 is 2.31 bits per heavy atom. The Hall–Kier alpha value is -1.06. The smallest absolute Gasteiger partial charge is 0.393 e. The molecule has 0 radical (unpaired) electrons. The number of primary amides is 1. The van der Waals surface area contributed by atoms with E-state index in [0.29, 0.717) is 5.02 Å². The summed E-state index contributed by atoms with van der Waals surface area (Å²) in [4.78, 5) is 12.7. The lowest BCUT2D eigenvalue weighted by Crippen LogP contribution is -2.84. The molecule has 0 bridgehead atoms. The minimum atomic E-state index is -0.151. The number of hydrogen-bond acceptors (Lipinski definition) is 1. The van der Waals surface area contributed by atoms with Crippen molar-refractivity contribution in [1.29, 1.82) is 0 Å². The van der Waals surface area contributed by atoms with Crippen molar-refractivity contribution in [2.75, 3.05) is 11.9 Å². The van der Waals surface area contributed by atoms with Crippen LogP contribution in [0.15, 0.2) is 24.3 Å². The topological polar surface area (TPSA) is 36.9 Å². The maximum atomic E-state index is 11.2. The van der Waals surface area contributed by atoms with Gasteiger partial charge in [-0.3, -0.25) is 4.90 Å². The van der Waals surface area contributed by atoms with E-state index in [4.69, 9.17) is 11.6 Å². The van der Waals surface area contributed by atoms with E-state index in [2.05, 4.69) is 7.05 Å². The van der Waals surface area contributed by atoms with Gasteiger partial charge < -0.3 is 5.32 Å². The molecule has 1 aromatic rings. The van der Waals surface area contributed by atoms with Gasteiger partial charge in [0.2, 0.25) is 0 Å². The van der Waals surface area contributed by atoms with Gasteiger partial charge in [0.25, 0.3) is 0 Å². The van der Waals surface area contributed by atoms with Crippen LogP contribution in [-0.2, 0) is 0 Å². The molecule has 0 aromatic heterocycles. The quantitative estimate of drug-likeness (QED) is 0.678. The van der Waals surface area contributed by atoms with Gasteiger partial charge in [-0.25, -0.2) is 4.79 Å². The highest BCUT2D eigenvalue weighted by Crippen LogP contribution is 2.17. The first kappa shape index (κ1) is 10.0. The fraction of sp³-hybridized carbons (Fsp3) is 0.111. The third kappa shape index (κ3) is 2.44. The molecule has 3 nitrogen and oxygen atoms in total. The van der Waals surface area contributed by atoms with Crippen LogP contribution in [0.25, 0.3) is 0 Å². The van der Waals surface area contributed by atoms with E-state index in [9.17, 15) is 4.79 Å². The summed E-state index contributed by atoms with van der Waals surface area (Å²) in [6, 6.07) is 6.94. The van der Waals surface area contributed by atoms with Crippen molar-refractivity contribution in [3.8, 4) is 0 Å². The lowest BCUT2D eigenvalue weighted by atomic mass is 10.3. The summed E-state index contributed by atoms with van der Waals surface area (Å²) in [5.41, 5.74) is 0.761. The van der Waals surface area contributed by atoms with Crippen molar-refractivity contribution < 1.29 is 10.1 Å². The minimum Gasteiger partial charge on any atom is -0.394 e. The largest absolute Gasteiger partial charge is 0.394 e. The number of amides is 2. The summed E-state index contributed by atoms with van der Waals surface area (Å²) in [5, 5.41) is 1.88. The maximum Gasteiger partial charge on any atom is 0.393 e. The van der Waals surface area contributed by atoms with E-state index in [1.54, 1.807) is 25.2 Å². The zero-order chi connectivity index (χ0) is 9.84. The summed E-state index contributed by atoms with van der Waals surface area (Å²) in [7, 11) is 5.08. The summed E-state index contributed by atoms with van der Waals surface area (Å²) in [6.45, 7) is 0. The zero-order valence-electron chi connectivity index (χ0n) is 7.33. The number of urea groups is 1. The Morgan fingerprint density at radius 3 is 2.85 bits per heavy atom. The Morgan fingerprint density at radius 1 is 1.62 bits per heavy atom. The van der Waals surface area contributed by atoms with Gasteiger partial charge in [0.1, 0.15) is 0 Å². The van der Waals surface area contributed by atoms with Crippen LogP contribution in [0.2, 0.25) is 5.02 Å². The highest BCUT2D eigenvalue weighted by molar-refractivity contribution is 6.30. The van der Waals surface area contributed by atoms with Crippen molar-refractivity contribution in [2.45, 2.75) is 0 Å². The second kappa shape index (κ2) is 4.25. The highest BCUT2D eigenvalue weighted by atomic mass is 35.5. The van der Waals surface area contributed by atoms with Crippen LogP contribution >= 0.6 is 11.6 Å². The van der Waals surface area contributed by atoms with Crippen molar-refractivity contribution in [1.82, 2.24) is 0 Å². The van der Waals surface area contributed by atoms with Crippen LogP contribution in [0.1, 0.15) is 0 Å². The molecule has 0 aliphatic carbocycles. The summed E-state index contributed by atoms with van der Waals surface area (Å²) < 4.78 is 0. The van der Waals surface area contributed by atoms with Gasteiger partial charge in [0.15, 0.2) is 0 Å². The number of rotatable bonds is 1. The molecular weight excluding hydrogens is 188 g/mol. The lowest BCUT2D eigenvalue weighted by Gasteiger charge is -2.14. The molecule has 0 aliphatic rings. The van der Waals surface area contributed by atoms with Crippen molar-refractivity contribution in [3.63, 3.8) is 0 Å². The van der Waals surface area contributed by atoms with Gasteiger partial charge in [-0.2, -0.15) is 0 Å². The van der Waals surface area contributed by atoms with Crippen molar-refractivity contribution in [2.24, 2.45) is 0 Å². The average Bonchev–Trinajstić information content (AvgIpc) is 2.15. The minimum absolute atomic E-state index is 0.151. The third-order valence-electron chi connectivity index (χ3n) is 1.70. The molecule has 0 heterocycles. The number of benzene rings is 1. The van der Waals surface area contributed by atoms with Crippen LogP contribution in [0, 0.1) is 7.05 Å². The summed E-state index contributed by atoms with van der Waals surface area (Å²) in [6.07, 6.45) is 0. The number of nitrogens with zero attached hydrogens (tertiary/aromatic N) is 1. The van der Waals surface area contributed by atoms with Gasteiger partial charge in [0.05, 0.1) is 5.69 Å². The van der Waals surface area contributed by atoms with Gasteiger partial charge in [-0.05, 0) is 18.2 Å². The first-order valence-electron chi connectivity index (χ1n) is 3.81. The summed E-state index contributed by atoms with van der Waals surface area (Å²) >= 11 is 5.77. The second-order valence-corrected chi connectivity index (χ2v) is 3.02. The average molecular weight is 199 g/mol. The Balaban J connectivity index is 2.88.